The minimum Gasteiger partial charge on any atom is -0.493 e. The fourth-order valence-electron chi connectivity index (χ4n) is 2.56. The van der Waals surface area contributed by atoms with Gasteiger partial charge in [0.15, 0.2) is 16.3 Å². The number of ether oxygens (including phenoxy) is 2. The third-order valence-corrected chi connectivity index (χ3v) is 4.34. The van der Waals surface area contributed by atoms with Gasteiger partial charge in [0.2, 0.25) is 0 Å². The third kappa shape index (κ3) is 3.56. The Kier molecular flexibility index (Phi) is 5.79. The average molecular weight is 337 g/mol. The van der Waals surface area contributed by atoms with Crippen LogP contribution in [0.2, 0.25) is 0 Å². The molecule has 2 rings (SSSR count). The summed E-state index contributed by atoms with van der Waals surface area (Å²) < 4.78 is 12.6. The maximum atomic E-state index is 12.8. The Morgan fingerprint density at radius 1 is 1.17 bits per heavy atom. The van der Waals surface area contributed by atoms with E-state index in [4.69, 9.17) is 21.7 Å². The highest BCUT2D eigenvalue weighted by Gasteiger charge is 2.12. The van der Waals surface area contributed by atoms with Crippen molar-refractivity contribution in [3.05, 3.63) is 27.3 Å². The van der Waals surface area contributed by atoms with Gasteiger partial charge in [0.25, 0.3) is 5.56 Å². The SMILES string of the molecule is CCN(CC)CCn1c(=S)[nH]c2cc(OC)c(OC)cc2c1=O. The number of likely N-dealkylation sites (N-methyl/N-ethyl adjacent to an activating group) is 1. The maximum Gasteiger partial charge on any atom is 0.262 e. The molecule has 6 nitrogen and oxygen atoms in total. The molecule has 0 spiro atoms. The number of hydrogen-bond acceptors (Lipinski definition) is 5. The lowest BCUT2D eigenvalue weighted by Gasteiger charge is -2.18. The second-order valence-corrected chi connectivity index (χ2v) is 5.55. The van der Waals surface area contributed by atoms with E-state index < -0.39 is 0 Å². The van der Waals surface area contributed by atoms with Crippen molar-refractivity contribution in [2.24, 2.45) is 0 Å². The quantitative estimate of drug-likeness (QED) is 0.786. The van der Waals surface area contributed by atoms with Crippen molar-refractivity contribution in [1.29, 1.82) is 0 Å². The number of nitrogens with one attached hydrogen (secondary N) is 1. The largest absolute Gasteiger partial charge is 0.493 e. The first kappa shape index (κ1) is 17.5. The van der Waals surface area contributed by atoms with Gasteiger partial charge in [-0.3, -0.25) is 9.36 Å². The van der Waals surface area contributed by atoms with Crippen LogP contribution in [-0.2, 0) is 6.54 Å². The highest BCUT2D eigenvalue weighted by atomic mass is 32.1. The van der Waals surface area contributed by atoms with Gasteiger partial charge in [0.1, 0.15) is 0 Å². The molecule has 0 unspecified atom stereocenters. The van der Waals surface area contributed by atoms with E-state index in [0.717, 1.165) is 19.6 Å². The molecule has 126 valence electrons. The monoisotopic (exact) mass is 337 g/mol. The number of benzene rings is 1. The number of aromatic amines is 1. The van der Waals surface area contributed by atoms with Crippen LogP contribution in [-0.4, -0.2) is 48.3 Å². The van der Waals surface area contributed by atoms with Crippen LogP contribution in [0.4, 0.5) is 0 Å². The summed E-state index contributed by atoms with van der Waals surface area (Å²) in [5.41, 5.74) is 0.536. The van der Waals surface area contributed by atoms with E-state index in [9.17, 15) is 4.79 Å². The van der Waals surface area contributed by atoms with Gasteiger partial charge in [-0.15, -0.1) is 0 Å². The van der Waals surface area contributed by atoms with Crippen molar-refractivity contribution in [1.82, 2.24) is 14.5 Å². The topological polar surface area (TPSA) is 59.5 Å². The molecular weight excluding hydrogens is 314 g/mol. The lowest BCUT2D eigenvalue weighted by molar-refractivity contribution is 0.288. The van der Waals surface area contributed by atoms with Crippen molar-refractivity contribution >= 4 is 23.1 Å². The molecule has 1 aromatic heterocycles. The molecule has 0 fully saturated rings. The van der Waals surface area contributed by atoms with Crippen molar-refractivity contribution in [2.45, 2.75) is 20.4 Å². The molecule has 1 N–H and O–H groups in total. The van der Waals surface area contributed by atoms with Crippen molar-refractivity contribution in [3.8, 4) is 11.5 Å². The van der Waals surface area contributed by atoms with Crippen molar-refractivity contribution in [2.75, 3.05) is 33.9 Å². The second kappa shape index (κ2) is 7.61. The van der Waals surface area contributed by atoms with Crippen LogP contribution in [0.1, 0.15) is 13.8 Å². The molecule has 1 heterocycles. The molecule has 2 aromatic rings. The molecule has 0 saturated heterocycles. The molecule has 0 saturated carbocycles. The van der Waals surface area contributed by atoms with Gasteiger partial charge < -0.3 is 19.4 Å². The van der Waals surface area contributed by atoms with Gasteiger partial charge in [-0.1, -0.05) is 13.8 Å². The highest BCUT2D eigenvalue weighted by Crippen LogP contribution is 2.29. The van der Waals surface area contributed by atoms with Crippen LogP contribution in [0.3, 0.4) is 0 Å². The number of aromatic nitrogens is 2. The van der Waals surface area contributed by atoms with E-state index in [1.54, 1.807) is 30.9 Å². The zero-order chi connectivity index (χ0) is 17.0. The van der Waals surface area contributed by atoms with Crippen LogP contribution in [0.15, 0.2) is 16.9 Å². The molecule has 0 aliphatic carbocycles. The van der Waals surface area contributed by atoms with Crippen LogP contribution in [0.5, 0.6) is 11.5 Å². The predicted molar refractivity (Wildman–Crippen MR) is 94.3 cm³/mol. The van der Waals surface area contributed by atoms with Gasteiger partial charge in [-0.05, 0) is 31.4 Å². The number of H-pyrrole nitrogens is 1. The summed E-state index contributed by atoms with van der Waals surface area (Å²) in [5, 5.41) is 0.538. The van der Waals surface area contributed by atoms with E-state index in [-0.39, 0.29) is 5.56 Å². The minimum absolute atomic E-state index is 0.114. The zero-order valence-electron chi connectivity index (χ0n) is 14.0. The molecule has 23 heavy (non-hydrogen) atoms. The van der Waals surface area contributed by atoms with Gasteiger partial charge in [0.05, 0.1) is 25.1 Å². The van der Waals surface area contributed by atoms with E-state index in [1.165, 1.54) is 0 Å². The normalized spacial score (nSPS) is 11.2. The van der Waals surface area contributed by atoms with Gasteiger partial charge >= 0.3 is 0 Å². The standard InChI is InChI=1S/C16H23N3O3S/c1-5-18(6-2)7-8-19-15(20)11-9-13(21-3)14(22-4)10-12(11)17-16(19)23/h9-10H,5-8H2,1-4H3,(H,17,23). The molecule has 0 aliphatic heterocycles. The first-order valence-corrected chi connectivity index (χ1v) is 8.07. The molecular formula is C16H23N3O3S. The van der Waals surface area contributed by atoms with Crippen molar-refractivity contribution in [3.63, 3.8) is 0 Å². The number of methoxy groups -OCH3 is 2. The van der Waals surface area contributed by atoms with Crippen LogP contribution in [0.25, 0.3) is 10.9 Å². The Morgan fingerprint density at radius 3 is 2.35 bits per heavy atom. The summed E-state index contributed by atoms with van der Waals surface area (Å²) in [5.74, 6) is 1.09. The second-order valence-electron chi connectivity index (χ2n) is 5.17. The zero-order valence-corrected chi connectivity index (χ0v) is 14.8. The Balaban J connectivity index is 2.51. The smallest absolute Gasteiger partial charge is 0.262 e. The fourth-order valence-corrected chi connectivity index (χ4v) is 2.85. The lowest BCUT2D eigenvalue weighted by Crippen LogP contribution is -2.31. The summed E-state index contributed by atoms with van der Waals surface area (Å²) >= 11 is 5.35. The number of rotatable bonds is 7. The molecule has 0 aliphatic rings. The average Bonchev–Trinajstić information content (AvgIpc) is 2.57. The van der Waals surface area contributed by atoms with Crippen LogP contribution < -0.4 is 15.0 Å². The van der Waals surface area contributed by atoms with Crippen LogP contribution in [0, 0.1) is 4.77 Å². The van der Waals surface area contributed by atoms with Gasteiger partial charge in [0, 0.05) is 19.2 Å². The predicted octanol–water partition coefficient (Wildman–Crippen LogP) is 2.42. The van der Waals surface area contributed by atoms with E-state index in [0.29, 0.717) is 33.7 Å². The minimum atomic E-state index is -0.114. The Labute approximate surface area is 140 Å². The Bertz CT molecular complexity index is 793. The maximum absolute atomic E-state index is 12.8. The first-order valence-electron chi connectivity index (χ1n) is 7.66. The van der Waals surface area contributed by atoms with Gasteiger partial charge in [-0.2, -0.15) is 0 Å². The number of fused-ring (bicyclic) bond motifs is 1. The summed E-state index contributed by atoms with van der Waals surface area (Å²) in [7, 11) is 3.11. The molecule has 0 amide bonds. The molecule has 1 aromatic carbocycles. The summed E-state index contributed by atoms with van der Waals surface area (Å²) in [4.78, 5) is 18.1. The highest BCUT2D eigenvalue weighted by molar-refractivity contribution is 7.71. The molecule has 0 atom stereocenters. The van der Waals surface area contributed by atoms with E-state index in [2.05, 4.69) is 23.7 Å². The molecule has 7 heteroatoms. The Morgan fingerprint density at radius 2 is 1.78 bits per heavy atom. The third-order valence-electron chi connectivity index (χ3n) is 4.02. The Hall–Kier alpha value is -1.86. The number of hydrogen-bond donors (Lipinski definition) is 1. The van der Waals surface area contributed by atoms with Crippen molar-refractivity contribution < 1.29 is 9.47 Å². The van der Waals surface area contributed by atoms with E-state index in [1.807, 2.05) is 0 Å². The fraction of sp³-hybridized carbons (Fsp3) is 0.500. The van der Waals surface area contributed by atoms with E-state index >= 15 is 0 Å². The number of nitrogens with zero attached hydrogens (tertiary/aromatic N) is 2. The molecule has 0 radical (unpaired) electrons. The molecule has 0 bridgehead atoms. The summed E-state index contributed by atoms with van der Waals surface area (Å²) in [6.07, 6.45) is 0. The summed E-state index contributed by atoms with van der Waals surface area (Å²) in [6, 6.07) is 3.43. The summed E-state index contributed by atoms with van der Waals surface area (Å²) in [6.45, 7) is 7.43. The lowest BCUT2D eigenvalue weighted by atomic mass is 10.2. The van der Waals surface area contributed by atoms with Gasteiger partial charge in [-0.25, -0.2) is 0 Å². The van der Waals surface area contributed by atoms with Crippen LogP contribution >= 0.6 is 12.2 Å². The first-order chi connectivity index (χ1) is 11.0.